The third-order valence-electron chi connectivity index (χ3n) is 2.55. The Labute approximate surface area is 91.8 Å². The SMILES string of the molecule is COC(=O)C1CCCc2cc(Cl)sc21. The zero-order chi connectivity index (χ0) is 10.1. The van der Waals surface area contributed by atoms with Gasteiger partial charge in [-0.15, -0.1) is 11.3 Å². The van der Waals surface area contributed by atoms with E-state index in [0.717, 1.165) is 28.5 Å². The first-order chi connectivity index (χ1) is 6.72. The number of carbonyl (C=O) groups is 1. The molecule has 0 saturated carbocycles. The number of fused-ring (bicyclic) bond motifs is 1. The summed E-state index contributed by atoms with van der Waals surface area (Å²) in [6.45, 7) is 0. The summed E-state index contributed by atoms with van der Waals surface area (Å²) in [7, 11) is 1.44. The molecular weight excluding hydrogens is 220 g/mol. The Balaban J connectivity index is 2.34. The number of ether oxygens (including phenoxy) is 1. The van der Waals surface area contributed by atoms with Crippen LogP contribution in [0.5, 0.6) is 0 Å². The molecule has 1 aromatic heterocycles. The highest BCUT2D eigenvalue weighted by atomic mass is 35.5. The third-order valence-corrected chi connectivity index (χ3v) is 3.97. The Bertz CT molecular complexity index is 359. The fourth-order valence-corrected chi connectivity index (χ4v) is 3.33. The third kappa shape index (κ3) is 1.66. The van der Waals surface area contributed by atoms with Crippen molar-refractivity contribution in [3.63, 3.8) is 0 Å². The summed E-state index contributed by atoms with van der Waals surface area (Å²) in [6.07, 6.45) is 2.96. The van der Waals surface area contributed by atoms with Gasteiger partial charge in [0.25, 0.3) is 0 Å². The Morgan fingerprint density at radius 1 is 1.71 bits per heavy atom. The second-order valence-corrected chi connectivity index (χ2v) is 5.12. The zero-order valence-corrected chi connectivity index (χ0v) is 9.45. The molecular formula is C10H11ClO2S. The van der Waals surface area contributed by atoms with Gasteiger partial charge in [-0.05, 0) is 30.9 Å². The number of aryl methyl sites for hydroxylation is 1. The maximum Gasteiger partial charge on any atom is 0.313 e. The van der Waals surface area contributed by atoms with Gasteiger partial charge < -0.3 is 4.74 Å². The van der Waals surface area contributed by atoms with Crippen molar-refractivity contribution in [2.45, 2.75) is 25.2 Å². The number of hydrogen-bond donors (Lipinski definition) is 0. The minimum Gasteiger partial charge on any atom is -0.469 e. The number of rotatable bonds is 1. The van der Waals surface area contributed by atoms with Gasteiger partial charge >= 0.3 is 5.97 Å². The molecule has 2 rings (SSSR count). The van der Waals surface area contributed by atoms with Gasteiger partial charge in [0.05, 0.1) is 17.4 Å². The molecule has 14 heavy (non-hydrogen) atoms. The predicted molar refractivity (Wildman–Crippen MR) is 57.0 cm³/mol. The quantitative estimate of drug-likeness (QED) is 0.694. The normalized spacial score (nSPS) is 20.3. The molecule has 0 saturated heterocycles. The number of hydrogen-bond acceptors (Lipinski definition) is 3. The molecule has 1 unspecified atom stereocenters. The van der Waals surface area contributed by atoms with E-state index in [1.54, 1.807) is 0 Å². The van der Waals surface area contributed by atoms with Gasteiger partial charge in [-0.2, -0.15) is 0 Å². The summed E-state index contributed by atoms with van der Waals surface area (Å²) >= 11 is 7.44. The summed E-state index contributed by atoms with van der Waals surface area (Å²) in [5.74, 6) is -0.217. The van der Waals surface area contributed by atoms with Crippen molar-refractivity contribution >= 4 is 28.9 Å². The Kier molecular flexibility index (Phi) is 2.79. The minimum atomic E-state index is -0.135. The lowest BCUT2D eigenvalue weighted by Gasteiger charge is -2.19. The van der Waals surface area contributed by atoms with Crippen molar-refractivity contribution in [2.75, 3.05) is 7.11 Å². The van der Waals surface area contributed by atoms with Crippen molar-refractivity contribution in [3.8, 4) is 0 Å². The number of thiophene rings is 1. The van der Waals surface area contributed by atoms with Crippen molar-refractivity contribution < 1.29 is 9.53 Å². The topological polar surface area (TPSA) is 26.3 Å². The summed E-state index contributed by atoms with van der Waals surface area (Å²) < 4.78 is 5.55. The van der Waals surface area contributed by atoms with E-state index in [4.69, 9.17) is 16.3 Å². The molecule has 76 valence electrons. The summed E-state index contributed by atoms with van der Waals surface area (Å²) in [4.78, 5) is 12.6. The summed E-state index contributed by atoms with van der Waals surface area (Å²) in [5.41, 5.74) is 1.22. The van der Waals surface area contributed by atoms with Gasteiger partial charge in [-0.25, -0.2) is 0 Å². The molecule has 2 nitrogen and oxygen atoms in total. The number of esters is 1. The lowest BCUT2D eigenvalue weighted by atomic mass is 9.90. The monoisotopic (exact) mass is 230 g/mol. The molecule has 0 radical (unpaired) electrons. The highest BCUT2D eigenvalue weighted by Crippen LogP contribution is 2.39. The van der Waals surface area contributed by atoms with Crippen molar-refractivity contribution in [1.29, 1.82) is 0 Å². The van der Waals surface area contributed by atoms with Gasteiger partial charge in [0.15, 0.2) is 0 Å². The fourth-order valence-electron chi connectivity index (χ4n) is 1.89. The summed E-state index contributed by atoms with van der Waals surface area (Å²) in [5, 5.41) is 0. The van der Waals surface area contributed by atoms with Crippen LogP contribution in [-0.4, -0.2) is 13.1 Å². The van der Waals surface area contributed by atoms with Crippen LogP contribution in [0.3, 0.4) is 0 Å². The van der Waals surface area contributed by atoms with Crippen molar-refractivity contribution in [2.24, 2.45) is 0 Å². The van der Waals surface area contributed by atoms with Crippen LogP contribution in [-0.2, 0) is 16.0 Å². The Morgan fingerprint density at radius 2 is 2.50 bits per heavy atom. The van der Waals surface area contributed by atoms with Crippen LogP contribution < -0.4 is 0 Å². The van der Waals surface area contributed by atoms with Crippen LogP contribution in [0.1, 0.15) is 29.2 Å². The number of halogens is 1. The predicted octanol–water partition coefficient (Wildman–Crippen LogP) is 2.99. The molecule has 0 aliphatic heterocycles. The first-order valence-corrected chi connectivity index (χ1v) is 5.77. The average molecular weight is 231 g/mol. The molecule has 1 aliphatic carbocycles. The molecule has 1 heterocycles. The molecule has 0 N–H and O–H groups in total. The molecule has 0 fully saturated rings. The second kappa shape index (κ2) is 3.91. The van der Waals surface area contributed by atoms with Crippen LogP contribution in [0, 0.1) is 0 Å². The van der Waals surface area contributed by atoms with E-state index in [-0.39, 0.29) is 11.9 Å². The highest BCUT2D eigenvalue weighted by molar-refractivity contribution is 7.16. The molecule has 0 aromatic carbocycles. The van der Waals surface area contributed by atoms with Crippen LogP contribution in [0.15, 0.2) is 6.07 Å². The van der Waals surface area contributed by atoms with Crippen LogP contribution in [0.25, 0.3) is 0 Å². The smallest absolute Gasteiger partial charge is 0.313 e. The highest BCUT2D eigenvalue weighted by Gasteiger charge is 2.29. The Hall–Kier alpha value is -0.540. The molecule has 1 aromatic rings. The first kappa shape index (κ1) is 9.99. The molecule has 0 bridgehead atoms. The lowest BCUT2D eigenvalue weighted by Crippen LogP contribution is -2.17. The maximum absolute atomic E-state index is 11.5. The van der Waals surface area contributed by atoms with Crippen LogP contribution >= 0.6 is 22.9 Å². The van der Waals surface area contributed by atoms with Gasteiger partial charge in [-0.1, -0.05) is 11.6 Å². The van der Waals surface area contributed by atoms with Gasteiger partial charge in [-0.3, -0.25) is 4.79 Å². The molecule has 1 atom stereocenters. The minimum absolute atomic E-state index is 0.0822. The molecule has 0 spiro atoms. The second-order valence-electron chi connectivity index (χ2n) is 3.41. The first-order valence-electron chi connectivity index (χ1n) is 4.58. The van der Waals surface area contributed by atoms with E-state index in [9.17, 15) is 4.79 Å². The van der Waals surface area contributed by atoms with E-state index in [1.165, 1.54) is 24.0 Å². The van der Waals surface area contributed by atoms with E-state index in [2.05, 4.69) is 0 Å². The largest absolute Gasteiger partial charge is 0.469 e. The summed E-state index contributed by atoms with van der Waals surface area (Å²) in [6, 6.07) is 1.97. The van der Waals surface area contributed by atoms with E-state index in [1.807, 2.05) is 6.07 Å². The lowest BCUT2D eigenvalue weighted by molar-refractivity contribution is -0.142. The molecule has 1 aliphatic rings. The van der Waals surface area contributed by atoms with Gasteiger partial charge in [0.2, 0.25) is 0 Å². The molecule has 4 heteroatoms. The molecule has 0 amide bonds. The standard InChI is InChI=1S/C10H11ClO2S/c1-13-10(12)7-4-2-3-6-5-8(11)14-9(6)7/h5,7H,2-4H2,1H3. The van der Waals surface area contributed by atoms with E-state index in [0.29, 0.717) is 0 Å². The zero-order valence-electron chi connectivity index (χ0n) is 7.88. The maximum atomic E-state index is 11.5. The van der Waals surface area contributed by atoms with Crippen molar-refractivity contribution in [1.82, 2.24) is 0 Å². The van der Waals surface area contributed by atoms with E-state index < -0.39 is 0 Å². The van der Waals surface area contributed by atoms with Crippen LogP contribution in [0.4, 0.5) is 0 Å². The van der Waals surface area contributed by atoms with Crippen molar-refractivity contribution in [3.05, 3.63) is 20.8 Å². The van der Waals surface area contributed by atoms with Crippen LogP contribution in [0.2, 0.25) is 4.34 Å². The van der Waals surface area contributed by atoms with Gasteiger partial charge in [0, 0.05) is 4.88 Å². The van der Waals surface area contributed by atoms with E-state index >= 15 is 0 Å². The Morgan fingerprint density at radius 3 is 3.21 bits per heavy atom. The average Bonchev–Trinajstić information content (AvgIpc) is 2.56. The fraction of sp³-hybridized carbons (Fsp3) is 0.500. The van der Waals surface area contributed by atoms with Gasteiger partial charge in [0.1, 0.15) is 0 Å². The number of methoxy groups -OCH3 is 1. The number of carbonyl (C=O) groups excluding carboxylic acids is 1.